The van der Waals surface area contributed by atoms with Crippen LogP contribution in [0.3, 0.4) is 0 Å². The van der Waals surface area contributed by atoms with E-state index in [2.05, 4.69) is 55.6 Å². The van der Waals surface area contributed by atoms with Crippen LogP contribution in [0.25, 0.3) is 0 Å². The van der Waals surface area contributed by atoms with E-state index in [1.807, 2.05) is 27.2 Å². The molecule has 0 saturated carbocycles. The van der Waals surface area contributed by atoms with Gasteiger partial charge in [-0.1, -0.05) is 197 Å². The maximum atomic E-state index is 12.9. The van der Waals surface area contributed by atoms with E-state index in [0.717, 1.165) is 38.5 Å². The molecule has 0 aliphatic heterocycles. The van der Waals surface area contributed by atoms with Gasteiger partial charge in [0.2, 0.25) is 5.91 Å². The lowest BCUT2D eigenvalue weighted by Crippen LogP contribution is -2.45. The number of amides is 1. The third-order valence-electron chi connectivity index (χ3n) is 10.8. The van der Waals surface area contributed by atoms with Crippen molar-refractivity contribution in [3.63, 3.8) is 0 Å². The van der Waals surface area contributed by atoms with Gasteiger partial charge in [-0.15, -0.1) is 0 Å². The number of aliphatic hydroxyl groups is 1. The van der Waals surface area contributed by atoms with Gasteiger partial charge in [0.25, 0.3) is 0 Å². The summed E-state index contributed by atoms with van der Waals surface area (Å²) in [5.74, 6) is -0.191. The monoisotopic (exact) mass is 852 g/mol. The molecule has 9 heteroatoms. The number of nitrogens with one attached hydrogen (secondary N) is 1. The molecule has 0 aromatic heterocycles. The van der Waals surface area contributed by atoms with Crippen molar-refractivity contribution >= 4 is 13.7 Å². The first-order valence-corrected chi connectivity index (χ1v) is 26.0. The van der Waals surface area contributed by atoms with E-state index in [1.165, 1.54) is 154 Å². The van der Waals surface area contributed by atoms with Crippen LogP contribution in [0.2, 0.25) is 0 Å². The predicted molar refractivity (Wildman–Crippen MR) is 254 cm³/mol. The standard InChI is InChI=1S/C50H95N2O6P/c1-6-8-10-12-14-16-18-20-22-24-26-28-30-32-34-36-38-40-42-44-50(54)51-48(47-58-59(55,56)57-46-45-52(3,4)5)49(53)43-41-39-37-35-33-31-29-27-25-23-21-19-17-15-13-11-9-7-2/h14,16,18,20,33,35,41,43,48-49,53H,6-13,15,17,19,21-32,34,36-40,42,44-47H2,1-5H3,(H-,51,54,55,56)/p+1/b16-14-,20-18-,35-33+,43-41+. The predicted octanol–water partition coefficient (Wildman–Crippen LogP) is 14.0. The van der Waals surface area contributed by atoms with Crippen LogP contribution in [0.4, 0.5) is 0 Å². The molecule has 346 valence electrons. The molecule has 0 aliphatic carbocycles. The molecule has 8 nitrogen and oxygen atoms in total. The van der Waals surface area contributed by atoms with Crippen LogP contribution in [0.1, 0.15) is 213 Å². The van der Waals surface area contributed by atoms with E-state index in [-0.39, 0.29) is 19.1 Å². The van der Waals surface area contributed by atoms with Gasteiger partial charge in [-0.3, -0.25) is 13.8 Å². The van der Waals surface area contributed by atoms with E-state index in [1.54, 1.807) is 6.08 Å². The quantitative estimate of drug-likeness (QED) is 0.0185. The summed E-state index contributed by atoms with van der Waals surface area (Å²) in [5.41, 5.74) is 0. The van der Waals surface area contributed by atoms with Crippen molar-refractivity contribution in [1.82, 2.24) is 5.32 Å². The second-order valence-corrected chi connectivity index (χ2v) is 19.3. The van der Waals surface area contributed by atoms with Crippen LogP contribution in [0, 0.1) is 0 Å². The van der Waals surface area contributed by atoms with Gasteiger partial charge in [-0.05, 0) is 57.8 Å². The number of likely N-dealkylation sites (N-methyl/N-ethyl adjacent to an activating group) is 1. The van der Waals surface area contributed by atoms with Gasteiger partial charge in [0.05, 0.1) is 39.9 Å². The van der Waals surface area contributed by atoms with Crippen molar-refractivity contribution in [3.05, 3.63) is 48.6 Å². The average Bonchev–Trinajstić information content (AvgIpc) is 3.19. The van der Waals surface area contributed by atoms with E-state index in [9.17, 15) is 19.4 Å². The number of aliphatic hydroxyl groups excluding tert-OH is 1. The van der Waals surface area contributed by atoms with Gasteiger partial charge in [-0.25, -0.2) is 4.57 Å². The molecule has 3 N–H and O–H groups in total. The minimum atomic E-state index is -4.35. The number of nitrogens with zero attached hydrogens (tertiary/aromatic N) is 1. The molecular weight excluding hydrogens is 756 g/mol. The Balaban J connectivity index is 4.40. The Kier molecular flexibility index (Phi) is 40.7. The second kappa shape index (κ2) is 41.8. The highest BCUT2D eigenvalue weighted by Gasteiger charge is 2.27. The lowest BCUT2D eigenvalue weighted by molar-refractivity contribution is -0.870. The summed E-state index contributed by atoms with van der Waals surface area (Å²) in [6.07, 6.45) is 53.3. The van der Waals surface area contributed by atoms with Crippen LogP contribution in [-0.4, -0.2) is 73.4 Å². The zero-order valence-electron chi connectivity index (χ0n) is 39.2. The van der Waals surface area contributed by atoms with Crippen molar-refractivity contribution in [3.8, 4) is 0 Å². The molecule has 0 fully saturated rings. The van der Waals surface area contributed by atoms with Crippen molar-refractivity contribution in [2.75, 3.05) is 40.9 Å². The Bertz CT molecular complexity index is 1100. The van der Waals surface area contributed by atoms with Gasteiger partial charge in [0.1, 0.15) is 13.2 Å². The molecule has 0 radical (unpaired) electrons. The summed E-state index contributed by atoms with van der Waals surface area (Å²) in [6.45, 7) is 4.77. The molecule has 0 heterocycles. The van der Waals surface area contributed by atoms with Crippen molar-refractivity contribution in [1.29, 1.82) is 0 Å². The average molecular weight is 852 g/mol. The third kappa shape index (κ3) is 44.3. The molecule has 0 rings (SSSR count). The van der Waals surface area contributed by atoms with Crippen LogP contribution in [0.5, 0.6) is 0 Å². The van der Waals surface area contributed by atoms with Crippen LogP contribution in [-0.2, 0) is 18.4 Å². The highest BCUT2D eigenvalue weighted by molar-refractivity contribution is 7.47. The minimum absolute atomic E-state index is 0.0545. The normalized spacial score (nSPS) is 14.6. The van der Waals surface area contributed by atoms with Gasteiger partial charge in [0, 0.05) is 6.42 Å². The zero-order chi connectivity index (χ0) is 43.6. The highest BCUT2D eigenvalue weighted by atomic mass is 31.2. The first-order valence-electron chi connectivity index (χ1n) is 24.5. The molecule has 3 atom stereocenters. The smallest absolute Gasteiger partial charge is 0.387 e. The van der Waals surface area contributed by atoms with E-state index in [4.69, 9.17) is 9.05 Å². The Hall–Kier alpha value is -1.54. The Morgan fingerprint density at radius 1 is 0.576 bits per heavy atom. The number of unbranched alkanes of at least 4 members (excludes halogenated alkanes) is 26. The lowest BCUT2D eigenvalue weighted by atomic mass is 10.0. The number of carbonyl (C=O) groups is 1. The first kappa shape index (κ1) is 57.5. The summed E-state index contributed by atoms with van der Waals surface area (Å²) in [6, 6.07) is -0.865. The maximum Gasteiger partial charge on any atom is 0.472 e. The van der Waals surface area contributed by atoms with Gasteiger partial charge < -0.3 is 19.8 Å². The molecule has 0 aromatic rings. The topological polar surface area (TPSA) is 105 Å². The van der Waals surface area contributed by atoms with Gasteiger partial charge >= 0.3 is 7.82 Å². The third-order valence-corrected chi connectivity index (χ3v) is 11.8. The fourth-order valence-corrected chi connectivity index (χ4v) is 7.61. The summed E-state index contributed by atoms with van der Waals surface area (Å²) in [7, 11) is 1.55. The fraction of sp³-hybridized carbons (Fsp3) is 0.820. The fourth-order valence-electron chi connectivity index (χ4n) is 6.87. The molecule has 0 saturated heterocycles. The Labute approximate surface area is 365 Å². The molecule has 1 amide bonds. The molecule has 3 unspecified atom stereocenters. The SMILES string of the molecule is CCCCC/C=C\C=C/CCCCCCCCCCCCC(=O)NC(COP(=O)(O)OCC[N+](C)(C)C)C(O)/C=C/CC/C=C/CCCCCCCCCCCCCC. The largest absolute Gasteiger partial charge is 0.472 e. The molecule has 0 aromatic carbocycles. The van der Waals surface area contributed by atoms with Crippen LogP contribution in [0.15, 0.2) is 48.6 Å². The van der Waals surface area contributed by atoms with E-state index in [0.29, 0.717) is 17.4 Å². The number of quaternary nitrogens is 1. The number of hydrogen-bond acceptors (Lipinski definition) is 5. The number of hydrogen-bond donors (Lipinski definition) is 3. The summed E-state index contributed by atoms with van der Waals surface area (Å²) >= 11 is 0. The first-order chi connectivity index (χ1) is 28.5. The summed E-state index contributed by atoms with van der Waals surface area (Å²) in [5, 5.41) is 13.8. The minimum Gasteiger partial charge on any atom is -0.387 e. The van der Waals surface area contributed by atoms with Gasteiger partial charge in [0.15, 0.2) is 0 Å². The summed E-state index contributed by atoms with van der Waals surface area (Å²) < 4.78 is 23.6. The molecule has 59 heavy (non-hydrogen) atoms. The van der Waals surface area contributed by atoms with Gasteiger partial charge in [-0.2, -0.15) is 0 Å². The van der Waals surface area contributed by atoms with Crippen molar-refractivity contribution < 1.29 is 32.9 Å². The number of allylic oxidation sites excluding steroid dienone is 7. The highest BCUT2D eigenvalue weighted by Crippen LogP contribution is 2.43. The Morgan fingerprint density at radius 3 is 1.49 bits per heavy atom. The maximum absolute atomic E-state index is 12.9. The van der Waals surface area contributed by atoms with Crippen molar-refractivity contribution in [2.24, 2.45) is 0 Å². The number of carbonyl (C=O) groups excluding carboxylic acids is 1. The van der Waals surface area contributed by atoms with E-state index >= 15 is 0 Å². The number of phosphoric ester groups is 1. The van der Waals surface area contributed by atoms with Crippen molar-refractivity contribution in [2.45, 2.75) is 225 Å². The molecular formula is C50H96N2O6P+. The number of phosphoric acid groups is 1. The second-order valence-electron chi connectivity index (χ2n) is 17.9. The van der Waals surface area contributed by atoms with Crippen LogP contribution >= 0.6 is 7.82 Å². The number of rotatable bonds is 44. The molecule has 0 aliphatic rings. The van der Waals surface area contributed by atoms with E-state index < -0.39 is 20.0 Å². The molecule has 0 spiro atoms. The summed E-state index contributed by atoms with van der Waals surface area (Å²) in [4.78, 5) is 23.2. The lowest BCUT2D eigenvalue weighted by Gasteiger charge is -2.25. The Morgan fingerprint density at radius 2 is 0.983 bits per heavy atom. The van der Waals surface area contributed by atoms with Crippen LogP contribution < -0.4 is 5.32 Å². The molecule has 0 bridgehead atoms. The zero-order valence-corrected chi connectivity index (χ0v) is 40.1.